The van der Waals surface area contributed by atoms with Crippen molar-refractivity contribution >= 4 is 34.5 Å². The summed E-state index contributed by atoms with van der Waals surface area (Å²) in [5.74, 6) is 0. The maximum Gasteiger partial charge on any atom is 0.326 e. The standard InChI is InChI=1S/C28H31N5O3/c1-21-7-9-23(10-8-21)30-28(34)33(14-13-32-15-17-35-18-16-32)24-11-12-25-26(19-24)36-27(31-25)29-20-22-5-3-2-4-6-22/h2-12,19H,13-18,20H2,1H3,(H,29,31)(H,30,34). The van der Waals surface area contributed by atoms with Gasteiger partial charge in [0, 0.05) is 50.2 Å². The number of morpholine rings is 1. The number of oxazole rings is 1. The Morgan fingerprint density at radius 1 is 1.03 bits per heavy atom. The van der Waals surface area contributed by atoms with Gasteiger partial charge in [-0.2, -0.15) is 4.98 Å². The van der Waals surface area contributed by atoms with Gasteiger partial charge in [0.05, 0.1) is 13.2 Å². The van der Waals surface area contributed by atoms with Gasteiger partial charge in [0.2, 0.25) is 0 Å². The first kappa shape index (κ1) is 23.8. The minimum absolute atomic E-state index is 0.187. The fourth-order valence-electron chi connectivity index (χ4n) is 4.17. The number of carbonyl (C=O) groups is 1. The highest BCUT2D eigenvalue weighted by molar-refractivity contribution is 6.02. The van der Waals surface area contributed by atoms with E-state index < -0.39 is 0 Å². The van der Waals surface area contributed by atoms with Crippen LogP contribution in [-0.4, -0.2) is 55.3 Å². The van der Waals surface area contributed by atoms with E-state index in [1.807, 2.05) is 79.7 Å². The third kappa shape index (κ3) is 6.02. The van der Waals surface area contributed by atoms with Crippen molar-refractivity contribution in [3.63, 3.8) is 0 Å². The average molecular weight is 486 g/mol. The zero-order chi connectivity index (χ0) is 24.7. The van der Waals surface area contributed by atoms with Crippen LogP contribution in [-0.2, 0) is 11.3 Å². The Balaban J connectivity index is 1.34. The van der Waals surface area contributed by atoms with E-state index in [1.54, 1.807) is 4.90 Å². The van der Waals surface area contributed by atoms with Gasteiger partial charge in [-0.3, -0.25) is 9.80 Å². The van der Waals surface area contributed by atoms with Crippen molar-refractivity contribution in [2.45, 2.75) is 13.5 Å². The van der Waals surface area contributed by atoms with Gasteiger partial charge in [-0.15, -0.1) is 0 Å². The number of rotatable bonds is 8. The molecule has 8 heteroatoms. The molecule has 0 unspecified atom stereocenters. The fourth-order valence-corrected chi connectivity index (χ4v) is 4.17. The van der Waals surface area contributed by atoms with Gasteiger partial charge in [0.25, 0.3) is 6.01 Å². The van der Waals surface area contributed by atoms with Crippen LogP contribution in [0.25, 0.3) is 11.1 Å². The predicted octanol–water partition coefficient (Wildman–Crippen LogP) is 5.12. The number of aryl methyl sites for hydroxylation is 1. The quantitative estimate of drug-likeness (QED) is 0.361. The van der Waals surface area contributed by atoms with Crippen molar-refractivity contribution in [1.29, 1.82) is 0 Å². The smallest absolute Gasteiger partial charge is 0.326 e. The monoisotopic (exact) mass is 485 g/mol. The first-order chi connectivity index (χ1) is 17.6. The van der Waals surface area contributed by atoms with Crippen molar-refractivity contribution < 1.29 is 13.9 Å². The average Bonchev–Trinajstić information content (AvgIpc) is 3.32. The van der Waals surface area contributed by atoms with Crippen LogP contribution in [0.4, 0.5) is 22.2 Å². The van der Waals surface area contributed by atoms with E-state index in [-0.39, 0.29) is 6.03 Å². The molecule has 4 aromatic rings. The van der Waals surface area contributed by atoms with Gasteiger partial charge in [-0.25, -0.2) is 4.79 Å². The number of hydrogen-bond donors (Lipinski definition) is 2. The van der Waals surface area contributed by atoms with E-state index in [9.17, 15) is 4.79 Å². The molecule has 5 rings (SSSR count). The number of anilines is 3. The van der Waals surface area contributed by atoms with E-state index >= 15 is 0 Å². The molecule has 1 fully saturated rings. The highest BCUT2D eigenvalue weighted by atomic mass is 16.5. The second-order valence-corrected chi connectivity index (χ2v) is 8.91. The van der Waals surface area contributed by atoms with Crippen LogP contribution in [0, 0.1) is 6.92 Å². The van der Waals surface area contributed by atoms with Crippen LogP contribution in [0.2, 0.25) is 0 Å². The molecule has 186 valence electrons. The van der Waals surface area contributed by atoms with Crippen molar-refractivity contribution in [3.05, 3.63) is 83.9 Å². The molecule has 8 nitrogen and oxygen atoms in total. The Kier molecular flexibility index (Phi) is 7.44. The molecule has 0 bridgehead atoms. The van der Waals surface area contributed by atoms with E-state index in [0.717, 1.165) is 60.9 Å². The number of fused-ring (bicyclic) bond motifs is 1. The molecule has 1 aliphatic heterocycles. The first-order valence-electron chi connectivity index (χ1n) is 12.3. The number of urea groups is 1. The zero-order valence-electron chi connectivity index (χ0n) is 20.4. The Hall–Kier alpha value is -3.88. The number of benzene rings is 3. The van der Waals surface area contributed by atoms with E-state index in [1.165, 1.54) is 0 Å². The Morgan fingerprint density at radius 3 is 2.58 bits per heavy atom. The molecule has 2 amide bonds. The summed E-state index contributed by atoms with van der Waals surface area (Å²) in [5.41, 5.74) is 5.16. The minimum Gasteiger partial charge on any atom is -0.423 e. The van der Waals surface area contributed by atoms with E-state index in [0.29, 0.717) is 24.7 Å². The lowest BCUT2D eigenvalue weighted by molar-refractivity contribution is 0.0393. The second kappa shape index (κ2) is 11.2. The minimum atomic E-state index is -0.187. The van der Waals surface area contributed by atoms with Gasteiger partial charge in [-0.1, -0.05) is 48.0 Å². The van der Waals surface area contributed by atoms with E-state index in [4.69, 9.17) is 9.15 Å². The summed E-state index contributed by atoms with van der Waals surface area (Å²) in [6.45, 7) is 7.10. The largest absolute Gasteiger partial charge is 0.423 e. The maximum absolute atomic E-state index is 13.4. The summed E-state index contributed by atoms with van der Waals surface area (Å²) in [4.78, 5) is 22.0. The fraction of sp³-hybridized carbons (Fsp3) is 0.286. The van der Waals surface area contributed by atoms with Gasteiger partial charge < -0.3 is 19.8 Å². The molecule has 0 saturated carbocycles. The highest BCUT2D eigenvalue weighted by Gasteiger charge is 2.20. The van der Waals surface area contributed by atoms with Crippen molar-refractivity contribution in [3.8, 4) is 0 Å². The summed E-state index contributed by atoms with van der Waals surface area (Å²) >= 11 is 0. The Labute approximate surface area is 210 Å². The Bertz CT molecular complexity index is 1280. The molecular formula is C28H31N5O3. The molecule has 1 saturated heterocycles. The first-order valence-corrected chi connectivity index (χ1v) is 12.3. The molecule has 0 radical (unpaired) electrons. The highest BCUT2D eigenvalue weighted by Crippen LogP contribution is 2.26. The molecule has 1 aromatic heterocycles. The van der Waals surface area contributed by atoms with Crippen molar-refractivity contribution in [1.82, 2.24) is 9.88 Å². The van der Waals surface area contributed by atoms with Crippen LogP contribution in [0.3, 0.4) is 0 Å². The normalized spacial score (nSPS) is 14.0. The maximum atomic E-state index is 13.4. The number of carbonyl (C=O) groups excluding carboxylic acids is 1. The summed E-state index contributed by atoms with van der Waals surface area (Å²) in [6.07, 6.45) is 0. The van der Waals surface area contributed by atoms with Crippen LogP contribution < -0.4 is 15.5 Å². The number of nitrogens with one attached hydrogen (secondary N) is 2. The number of ether oxygens (including phenoxy) is 1. The van der Waals surface area contributed by atoms with Gasteiger partial charge in [0.1, 0.15) is 5.52 Å². The number of amides is 2. The summed E-state index contributed by atoms with van der Waals surface area (Å²) in [7, 11) is 0. The number of nitrogens with zero attached hydrogens (tertiary/aromatic N) is 3. The summed E-state index contributed by atoms with van der Waals surface area (Å²) in [5, 5.41) is 6.27. The van der Waals surface area contributed by atoms with Gasteiger partial charge in [0.15, 0.2) is 5.58 Å². The third-order valence-electron chi connectivity index (χ3n) is 6.26. The second-order valence-electron chi connectivity index (χ2n) is 8.91. The van der Waals surface area contributed by atoms with Crippen LogP contribution >= 0.6 is 0 Å². The molecule has 0 atom stereocenters. The topological polar surface area (TPSA) is 82.9 Å². The lowest BCUT2D eigenvalue weighted by atomic mass is 10.2. The van der Waals surface area contributed by atoms with Crippen molar-refractivity contribution in [2.24, 2.45) is 0 Å². The third-order valence-corrected chi connectivity index (χ3v) is 6.26. The van der Waals surface area contributed by atoms with Crippen LogP contribution in [0.1, 0.15) is 11.1 Å². The lowest BCUT2D eigenvalue weighted by Crippen LogP contribution is -2.44. The summed E-state index contributed by atoms with van der Waals surface area (Å²) in [6, 6.07) is 23.8. The van der Waals surface area contributed by atoms with Crippen LogP contribution in [0.15, 0.2) is 77.2 Å². The number of hydrogen-bond acceptors (Lipinski definition) is 6. The van der Waals surface area contributed by atoms with Gasteiger partial charge in [-0.05, 0) is 36.8 Å². The molecule has 36 heavy (non-hydrogen) atoms. The molecule has 0 spiro atoms. The van der Waals surface area contributed by atoms with Gasteiger partial charge >= 0.3 is 6.03 Å². The number of aromatic nitrogens is 1. The summed E-state index contributed by atoms with van der Waals surface area (Å²) < 4.78 is 11.4. The van der Waals surface area contributed by atoms with E-state index in [2.05, 4.69) is 20.5 Å². The molecule has 1 aliphatic rings. The molecule has 2 N–H and O–H groups in total. The predicted molar refractivity (Wildman–Crippen MR) is 143 cm³/mol. The molecule has 0 aliphatic carbocycles. The Morgan fingerprint density at radius 2 is 1.81 bits per heavy atom. The lowest BCUT2D eigenvalue weighted by Gasteiger charge is -2.30. The SMILES string of the molecule is Cc1ccc(NC(=O)N(CCN2CCOCC2)c2ccc3nc(NCc4ccccc4)oc3c2)cc1. The van der Waals surface area contributed by atoms with Crippen molar-refractivity contribution in [2.75, 3.05) is 54.9 Å². The molecular weight excluding hydrogens is 454 g/mol. The molecule has 3 aromatic carbocycles. The zero-order valence-corrected chi connectivity index (χ0v) is 20.4. The molecule has 2 heterocycles. The van der Waals surface area contributed by atoms with Crippen LogP contribution in [0.5, 0.6) is 0 Å².